The molecule has 1 aromatic heterocycles. The number of aryl methyl sites for hydroxylation is 1. The van der Waals surface area contributed by atoms with Crippen molar-refractivity contribution in [2.45, 2.75) is 32.7 Å². The smallest absolute Gasteiger partial charge is 0.227 e. The molecule has 0 aliphatic heterocycles. The minimum absolute atomic E-state index is 0.0441. The number of hydrogen-bond acceptors (Lipinski definition) is 4. The SMILES string of the molecule is CCCc1ccc(-c2cc(NC(=O)CCOC)n(CCO)n2)cc1. The Morgan fingerprint density at radius 3 is 2.71 bits per heavy atom. The number of aliphatic hydroxyl groups excluding tert-OH is 1. The first-order valence-corrected chi connectivity index (χ1v) is 8.24. The normalized spacial score (nSPS) is 10.8. The average Bonchev–Trinajstić information content (AvgIpc) is 2.97. The summed E-state index contributed by atoms with van der Waals surface area (Å²) in [4.78, 5) is 11.9. The Kier molecular flexibility index (Phi) is 6.96. The van der Waals surface area contributed by atoms with Gasteiger partial charge in [-0.05, 0) is 12.0 Å². The fourth-order valence-electron chi connectivity index (χ4n) is 2.45. The van der Waals surface area contributed by atoms with Gasteiger partial charge in [0.05, 0.1) is 31.9 Å². The number of carbonyl (C=O) groups excluding carboxylic acids is 1. The van der Waals surface area contributed by atoms with E-state index in [2.05, 4.69) is 29.5 Å². The molecule has 24 heavy (non-hydrogen) atoms. The zero-order valence-corrected chi connectivity index (χ0v) is 14.3. The lowest BCUT2D eigenvalue weighted by Crippen LogP contribution is -2.17. The van der Waals surface area contributed by atoms with E-state index in [-0.39, 0.29) is 18.9 Å². The van der Waals surface area contributed by atoms with E-state index in [1.165, 1.54) is 5.56 Å². The van der Waals surface area contributed by atoms with Gasteiger partial charge in [0, 0.05) is 18.7 Å². The Bertz CT molecular complexity index is 650. The molecule has 0 saturated heterocycles. The van der Waals surface area contributed by atoms with Gasteiger partial charge in [-0.15, -0.1) is 0 Å². The molecule has 2 aromatic rings. The van der Waals surface area contributed by atoms with Crippen LogP contribution >= 0.6 is 0 Å². The number of aliphatic hydroxyl groups is 1. The van der Waals surface area contributed by atoms with Gasteiger partial charge in [-0.3, -0.25) is 4.79 Å². The summed E-state index contributed by atoms with van der Waals surface area (Å²) in [7, 11) is 1.56. The van der Waals surface area contributed by atoms with Crippen molar-refractivity contribution in [3.05, 3.63) is 35.9 Å². The highest BCUT2D eigenvalue weighted by atomic mass is 16.5. The number of amides is 1. The number of aromatic nitrogens is 2. The second kappa shape index (κ2) is 9.20. The van der Waals surface area contributed by atoms with E-state index >= 15 is 0 Å². The molecule has 1 aromatic carbocycles. The van der Waals surface area contributed by atoms with Crippen LogP contribution in [0.3, 0.4) is 0 Å². The van der Waals surface area contributed by atoms with Gasteiger partial charge in [0.1, 0.15) is 5.82 Å². The lowest BCUT2D eigenvalue weighted by Gasteiger charge is -2.07. The van der Waals surface area contributed by atoms with Gasteiger partial charge in [-0.25, -0.2) is 4.68 Å². The van der Waals surface area contributed by atoms with E-state index < -0.39 is 0 Å². The maximum atomic E-state index is 11.9. The minimum atomic E-state index is -0.138. The molecular formula is C18H25N3O3. The van der Waals surface area contributed by atoms with E-state index in [1.54, 1.807) is 11.8 Å². The van der Waals surface area contributed by atoms with Gasteiger partial charge < -0.3 is 15.2 Å². The number of hydrogen-bond donors (Lipinski definition) is 2. The van der Waals surface area contributed by atoms with E-state index in [9.17, 15) is 9.90 Å². The summed E-state index contributed by atoms with van der Waals surface area (Å²) in [5, 5.41) is 16.5. The number of carbonyl (C=O) groups is 1. The van der Waals surface area contributed by atoms with Crippen molar-refractivity contribution in [3.63, 3.8) is 0 Å². The van der Waals surface area contributed by atoms with Gasteiger partial charge in [-0.1, -0.05) is 37.6 Å². The van der Waals surface area contributed by atoms with Crippen LogP contribution in [0.25, 0.3) is 11.3 Å². The first-order chi connectivity index (χ1) is 11.7. The lowest BCUT2D eigenvalue weighted by molar-refractivity contribution is -0.117. The van der Waals surface area contributed by atoms with Crippen LogP contribution in [-0.2, 0) is 22.5 Å². The molecule has 6 nitrogen and oxygen atoms in total. The number of rotatable bonds is 9. The van der Waals surface area contributed by atoms with Crippen molar-refractivity contribution < 1.29 is 14.6 Å². The van der Waals surface area contributed by atoms with Crippen LogP contribution in [0.5, 0.6) is 0 Å². The molecular weight excluding hydrogens is 306 g/mol. The Hall–Kier alpha value is -2.18. The van der Waals surface area contributed by atoms with Crippen LogP contribution in [0.15, 0.2) is 30.3 Å². The van der Waals surface area contributed by atoms with Gasteiger partial charge in [0.15, 0.2) is 0 Å². The van der Waals surface area contributed by atoms with E-state index in [4.69, 9.17) is 4.74 Å². The maximum absolute atomic E-state index is 11.9. The van der Waals surface area contributed by atoms with Crippen LogP contribution in [0.1, 0.15) is 25.3 Å². The summed E-state index contributed by atoms with van der Waals surface area (Å²) in [5.41, 5.74) is 3.05. The van der Waals surface area contributed by atoms with Gasteiger partial charge in [0.25, 0.3) is 0 Å². The second-order valence-corrected chi connectivity index (χ2v) is 5.60. The summed E-state index contributed by atoms with van der Waals surface area (Å²) in [6.07, 6.45) is 2.45. The molecule has 0 radical (unpaired) electrons. The minimum Gasteiger partial charge on any atom is -0.394 e. The molecule has 130 valence electrons. The van der Waals surface area contributed by atoms with Crippen LogP contribution in [0, 0.1) is 0 Å². The molecule has 6 heteroatoms. The molecule has 0 fully saturated rings. The molecule has 0 saturated carbocycles. The van der Waals surface area contributed by atoms with Gasteiger partial charge >= 0.3 is 0 Å². The van der Waals surface area contributed by atoms with Crippen molar-refractivity contribution >= 4 is 11.7 Å². The van der Waals surface area contributed by atoms with Crippen molar-refractivity contribution in [1.29, 1.82) is 0 Å². The highest BCUT2D eigenvalue weighted by Crippen LogP contribution is 2.23. The van der Waals surface area contributed by atoms with Gasteiger partial charge in [0.2, 0.25) is 5.91 Å². The fraction of sp³-hybridized carbons (Fsp3) is 0.444. The highest BCUT2D eigenvalue weighted by molar-refractivity contribution is 5.90. The van der Waals surface area contributed by atoms with E-state index in [1.807, 2.05) is 18.2 Å². The maximum Gasteiger partial charge on any atom is 0.227 e. The fourth-order valence-corrected chi connectivity index (χ4v) is 2.45. The Balaban J connectivity index is 2.18. The average molecular weight is 331 g/mol. The summed E-state index contributed by atoms with van der Waals surface area (Å²) in [6.45, 7) is 2.81. The number of nitrogens with one attached hydrogen (secondary N) is 1. The third kappa shape index (κ3) is 4.91. The Morgan fingerprint density at radius 1 is 1.33 bits per heavy atom. The molecule has 0 atom stereocenters. The molecule has 0 aliphatic carbocycles. The largest absolute Gasteiger partial charge is 0.394 e. The zero-order valence-electron chi connectivity index (χ0n) is 14.3. The highest BCUT2D eigenvalue weighted by Gasteiger charge is 2.12. The van der Waals surface area contributed by atoms with Crippen molar-refractivity contribution in [2.75, 3.05) is 25.6 Å². The van der Waals surface area contributed by atoms with Crippen molar-refractivity contribution in [2.24, 2.45) is 0 Å². The first kappa shape index (κ1) is 18.2. The molecule has 0 spiro atoms. The molecule has 0 aliphatic rings. The quantitative estimate of drug-likeness (QED) is 0.740. The molecule has 2 N–H and O–H groups in total. The molecule has 0 unspecified atom stereocenters. The van der Waals surface area contributed by atoms with Crippen molar-refractivity contribution in [1.82, 2.24) is 9.78 Å². The topological polar surface area (TPSA) is 76.4 Å². The number of ether oxygens (including phenoxy) is 1. The summed E-state index contributed by atoms with van der Waals surface area (Å²) >= 11 is 0. The second-order valence-electron chi connectivity index (χ2n) is 5.60. The van der Waals surface area contributed by atoms with Crippen molar-refractivity contribution in [3.8, 4) is 11.3 Å². The number of nitrogens with zero attached hydrogens (tertiary/aromatic N) is 2. The van der Waals surface area contributed by atoms with Gasteiger partial charge in [-0.2, -0.15) is 5.10 Å². The monoisotopic (exact) mass is 331 g/mol. The predicted molar refractivity (Wildman–Crippen MR) is 93.9 cm³/mol. The molecule has 2 rings (SSSR count). The predicted octanol–water partition coefficient (Wildman–Crippen LogP) is 2.47. The molecule has 1 heterocycles. The Morgan fingerprint density at radius 2 is 2.08 bits per heavy atom. The first-order valence-electron chi connectivity index (χ1n) is 8.24. The summed E-state index contributed by atoms with van der Waals surface area (Å²) in [5.74, 6) is 0.443. The van der Waals surface area contributed by atoms with E-state index in [0.29, 0.717) is 19.0 Å². The molecule has 1 amide bonds. The number of methoxy groups -OCH3 is 1. The van der Waals surface area contributed by atoms with Crippen LogP contribution in [-0.4, -0.2) is 41.1 Å². The summed E-state index contributed by atoms with van der Waals surface area (Å²) in [6, 6.07) is 10.1. The van der Waals surface area contributed by atoms with E-state index in [0.717, 1.165) is 24.1 Å². The van der Waals surface area contributed by atoms with Crippen LogP contribution in [0.2, 0.25) is 0 Å². The third-order valence-electron chi connectivity index (χ3n) is 3.68. The zero-order chi connectivity index (χ0) is 17.4. The third-order valence-corrected chi connectivity index (χ3v) is 3.68. The number of anilines is 1. The molecule has 0 bridgehead atoms. The lowest BCUT2D eigenvalue weighted by atomic mass is 10.1. The standard InChI is InChI=1S/C18H25N3O3/c1-3-4-14-5-7-15(8-6-14)16-13-17(21(20-16)10-11-22)19-18(23)9-12-24-2/h5-8,13,22H,3-4,9-12H2,1-2H3,(H,19,23). The Labute approximate surface area is 142 Å². The summed E-state index contributed by atoms with van der Waals surface area (Å²) < 4.78 is 6.52. The van der Waals surface area contributed by atoms with Crippen LogP contribution in [0.4, 0.5) is 5.82 Å². The number of benzene rings is 1. The van der Waals surface area contributed by atoms with Crippen LogP contribution < -0.4 is 5.32 Å².